The van der Waals surface area contributed by atoms with Crippen molar-refractivity contribution in [1.82, 2.24) is 15.6 Å². The van der Waals surface area contributed by atoms with Gasteiger partial charge in [-0.25, -0.2) is 9.78 Å². The fourth-order valence-corrected chi connectivity index (χ4v) is 1.45. The zero-order valence-corrected chi connectivity index (χ0v) is 9.58. The van der Waals surface area contributed by atoms with E-state index in [9.17, 15) is 9.59 Å². The van der Waals surface area contributed by atoms with Crippen LogP contribution in [0, 0.1) is 5.92 Å². The van der Waals surface area contributed by atoms with Crippen molar-refractivity contribution in [2.75, 3.05) is 6.54 Å². The van der Waals surface area contributed by atoms with E-state index in [0.29, 0.717) is 6.54 Å². The van der Waals surface area contributed by atoms with Crippen molar-refractivity contribution in [2.45, 2.75) is 13.5 Å². The molecule has 3 N–H and O–H groups in total. The molecule has 7 heteroatoms. The summed E-state index contributed by atoms with van der Waals surface area (Å²) in [6, 6.07) is -0.386. The van der Waals surface area contributed by atoms with E-state index >= 15 is 0 Å². The minimum absolute atomic E-state index is 0.110. The number of carbonyl (C=O) groups excluding carboxylic acids is 1. The summed E-state index contributed by atoms with van der Waals surface area (Å²) in [5.74, 6) is -1.52. The molecule has 0 saturated heterocycles. The number of aliphatic carboxylic acids is 1. The number of carboxylic acid groups (broad SMARTS) is 1. The van der Waals surface area contributed by atoms with E-state index in [1.807, 2.05) is 5.38 Å². The number of nitrogens with one attached hydrogen (secondary N) is 2. The first-order valence-electron chi connectivity index (χ1n) is 4.72. The second-order valence-electron chi connectivity index (χ2n) is 3.23. The molecule has 0 fully saturated rings. The predicted molar refractivity (Wildman–Crippen MR) is 59.2 cm³/mol. The molecule has 88 valence electrons. The van der Waals surface area contributed by atoms with Crippen molar-refractivity contribution in [2.24, 2.45) is 5.92 Å². The van der Waals surface area contributed by atoms with Crippen LogP contribution in [0.15, 0.2) is 11.6 Å². The summed E-state index contributed by atoms with van der Waals surface area (Å²) >= 11 is 1.45. The standard InChI is InChI=1S/C9H13N3O3S/c1-6(8(13)14)4-11-9(15)12-5-7-10-2-3-16-7/h2-3,6H,4-5H2,1H3,(H,13,14)(H2,11,12,15). The first kappa shape index (κ1) is 12.4. The lowest BCUT2D eigenvalue weighted by molar-refractivity contribution is -0.140. The number of rotatable bonds is 5. The Morgan fingerprint density at radius 2 is 2.31 bits per heavy atom. The summed E-state index contributed by atoms with van der Waals surface area (Å²) in [4.78, 5) is 25.7. The first-order valence-corrected chi connectivity index (χ1v) is 5.60. The normalized spacial score (nSPS) is 11.8. The average Bonchev–Trinajstić information content (AvgIpc) is 2.75. The van der Waals surface area contributed by atoms with E-state index in [4.69, 9.17) is 5.11 Å². The monoisotopic (exact) mass is 243 g/mol. The van der Waals surface area contributed by atoms with Crippen LogP contribution in [0.25, 0.3) is 0 Å². The summed E-state index contributed by atoms with van der Waals surface area (Å²) in [5.41, 5.74) is 0. The van der Waals surface area contributed by atoms with Crippen LogP contribution < -0.4 is 10.6 Å². The molecule has 0 aromatic carbocycles. The molecule has 0 aliphatic heterocycles. The van der Waals surface area contributed by atoms with Crippen LogP contribution in [-0.2, 0) is 11.3 Å². The average molecular weight is 243 g/mol. The number of hydrogen-bond donors (Lipinski definition) is 3. The molecule has 0 radical (unpaired) electrons. The SMILES string of the molecule is CC(CNC(=O)NCc1nccs1)C(=O)O. The van der Waals surface area contributed by atoms with Crippen LogP contribution in [0.4, 0.5) is 4.79 Å². The van der Waals surface area contributed by atoms with Crippen molar-refractivity contribution in [3.05, 3.63) is 16.6 Å². The van der Waals surface area contributed by atoms with Crippen LogP contribution in [0.2, 0.25) is 0 Å². The topological polar surface area (TPSA) is 91.3 Å². The maximum absolute atomic E-state index is 11.2. The highest BCUT2D eigenvalue weighted by molar-refractivity contribution is 7.09. The largest absolute Gasteiger partial charge is 0.481 e. The van der Waals surface area contributed by atoms with Gasteiger partial charge in [0.2, 0.25) is 0 Å². The highest BCUT2D eigenvalue weighted by atomic mass is 32.1. The Morgan fingerprint density at radius 3 is 2.88 bits per heavy atom. The van der Waals surface area contributed by atoms with Gasteiger partial charge in [0.25, 0.3) is 0 Å². The van der Waals surface area contributed by atoms with Gasteiger partial charge in [0.1, 0.15) is 5.01 Å². The van der Waals surface area contributed by atoms with Gasteiger partial charge in [0.15, 0.2) is 0 Å². The number of aromatic nitrogens is 1. The predicted octanol–water partition coefficient (Wildman–Crippen LogP) is 0.663. The quantitative estimate of drug-likeness (QED) is 0.708. The Bertz CT molecular complexity index is 353. The summed E-state index contributed by atoms with van der Waals surface area (Å²) in [6.45, 7) is 1.99. The van der Waals surface area contributed by atoms with E-state index in [0.717, 1.165) is 5.01 Å². The number of thiazole rings is 1. The smallest absolute Gasteiger partial charge is 0.315 e. The maximum Gasteiger partial charge on any atom is 0.315 e. The Labute approximate surface area is 96.7 Å². The van der Waals surface area contributed by atoms with Crippen molar-refractivity contribution in [3.8, 4) is 0 Å². The van der Waals surface area contributed by atoms with Gasteiger partial charge in [-0.05, 0) is 0 Å². The van der Waals surface area contributed by atoms with Crippen molar-refractivity contribution >= 4 is 23.3 Å². The molecule has 16 heavy (non-hydrogen) atoms. The molecule has 0 saturated carbocycles. The van der Waals surface area contributed by atoms with Gasteiger partial charge in [0, 0.05) is 18.1 Å². The third kappa shape index (κ3) is 4.26. The van der Waals surface area contributed by atoms with Gasteiger partial charge < -0.3 is 15.7 Å². The molecule has 0 spiro atoms. The summed E-state index contributed by atoms with van der Waals surface area (Å²) in [6.07, 6.45) is 1.66. The van der Waals surface area contributed by atoms with Crippen molar-refractivity contribution in [1.29, 1.82) is 0 Å². The molecule has 1 unspecified atom stereocenters. The zero-order valence-electron chi connectivity index (χ0n) is 8.77. The Kier molecular flexibility index (Phi) is 4.71. The van der Waals surface area contributed by atoms with Gasteiger partial charge >= 0.3 is 12.0 Å². The van der Waals surface area contributed by atoms with Gasteiger partial charge in [-0.3, -0.25) is 4.79 Å². The summed E-state index contributed by atoms with van der Waals surface area (Å²) in [7, 11) is 0. The van der Waals surface area contributed by atoms with Crippen LogP contribution in [0.5, 0.6) is 0 Å². The van der Waals surface area contributed by atoms with Crippen LogP contribution in [0.3, 0.4) is 0 Å². The molecule has 1 atom stereocenters. The highest BCUT2D eigenvalue weighted by Crippen LogP contribution is 2.02. The molecule has 1 aromatic heterocycles. The van der Waals surface area contributed by atoms with Gasteiger partial charge in [0.05, 0.1) is 12.5 Å². The molecule has 1 heterocycles. The fourth-order valence-electron chi connectivity index (χ4n) is 0.892. The molecule has 1 rings (SSSR count). The maximum atomic E-state index is 11.2. The Hall–Kier alpha value is -1.63. The van der Waals surface area contributed by atoms with Crippen molar-refractivity contribution < 1.29 is 14.7 Å². The lowest BCUT2D eigenvalue weighted by Gasteiger charge is -2.08. The lowest BCUT2D eigenvalue weighted by Crippen LogP contribution is -2.38. The minimum atomic E-state index is -0.930. The molecule has 0 bridgehead atoms. The zero-order chi connectivity index (χ0) is 12.0. The van der Waals surface area contributed by atoms with Gasteiger partial charge in [-0.2, -0.15) is 0 Å². The van der Waals surface area contributed by atoms with E-state index in [2.05, 4.69) is 15.6 Å². The van der Waals surface area contributed by atoms with Crippen molar-refractivity contribution in [3.63, 3.8) is 0 Å². The molecule has 0 aliphatic carbocycles. The number of hydrogen-bond acceptors (Lipinski definition) is 4. The molecular formula is C9H13N3O3S. The summed E-state index contributed by atoms with van der Waals surface area (Å²) < 4.78 is 0. The third-order valence-electron chi connectivity index (χ3n) is 1.87. The second kappa shape index (κ2) is 6.06. The second-order valence-corrected chi connectivity index (χ2v) is 4.21. The highest BCUT2D eigenvalue weighted by Gasteiger charge is 2.11. The number of urea groups is 1. The van der Waals surface area contributed by atoms with E-state index in [1.165, 1.54) is 18.3 Å². The fraction of sp³-hybridized carbons (Fsp3) is 0.444. The van der Waals surface area contributed by atoms with Crippen LogP contribution >= 0.6 is 11.3 Å². The number of carboxylic acids is 1. The van der Waals surface area contributed by atoms with Gasteiger partial charge in [-0.15, -0.1) is 11.3 Å². The third-order valence-corrected chi connectivity index (χ3v) is 2.65. The van der Waals surface area contributed by atoms with E-state index in [-0.39, 0.29) is 12.6 Å². The molecular weight excluding hydrogens is 230 g/mol. The molecule has 2 amide bonds. The lowest BCUT2D eigenvalue weighted by atomic mass is 10.2. The molecule has 0 aliphatic rings. The van der Waals surface area contributed by atoms with Crippen LogP contribution in [0.1, 0.15) is 11.9 Å². The van der Waals surface area contributed by atoms with E-state index in [1.54, 1.807) is 6.20 Å². The van der Waals surface area contributed by atoms with Crippen LogP contribution in [-0.4, -0.2) is 28.6 Å². The number of amides is 2. The van der Waals surface area contributed by atoms with E-state index < -0.39 is 11.9 Å². The Morgan fingerprint density at radius 1 is 1.56 bits per heavy atom. The van der Waals surface area contributed by atoms with Gasteiger partial charge in [-0.1, -0.05) is 6.92 Å². The number of nitrogens with zero attached hydrogens (tertiary/aromatic N) is 1. The minimum Gasteiger partial charge on any atom is -0.481 e. The molecule has 6 nitrogen and oxygen atoms in total. The summed E-state index contributed by atoms with van der Waals surface area (Å²) in [5, 5.41) is 16.3. The number of carbonyl (C=O) groups is 2. The Balaban J connectivity index is 2.19. The molecule has 1 aromatic rings. The first-order chi connectivity index (χ1) is 7.59.